The fraction of sp³-hybridized carbons (Fsp3) is 0.0800. The Kier molecular flexibility index (Phi) is 7.40. The fourth-order valence-electron chi connectivity index (χ4n) is 3.65. The Balaban J connectivity index is 1.67. The van der Waals surface area contributed by atoms with Gasteiger partial charge in [-0.15, -0.1) is 0 Å². The van der Waals surface area contributed by atoms with Gasteiger partial charge in [0.25, 0.3) is 17.5 Å². The zero-order valence-corrected chi connectivity index (χ0v) is 21.8. The molecule has 39 heavy (non-hydrogen) atoms. The van der Waals surface area contributed by atoms with Gasteiger partial charge in [0.2, 0.25) is 5.75 Å². The first-order valence-corrected chi connectivity index (χ1v) is 11.8. The quantitative estimate of drug-likeness (QED) is 0.170. The Labute approximate surface area is 228 Å². The number of ether oxygens (including phenoxy) is 2. The molecule has 4 amide bonds. The van der Waals surface area contributed by atoms with Crippen molar-refractivity contribution < 1.29 is 33.7 Å². The topological polar surface area (TPSA) is 171 Å². The Hall–Kier alpha value is -5.11. The zero-order chi connectivity index (χ0) is 28.4. The van der Waals surface area contributed by atoms with Crippen LogP contribution < -0.4 is 19.7 Å². The molecule has 14 heteroatoms. The van der Waals surface area contributed by atoms with E-state index in [1.807, 2.05) is 0 Å². The van der Waals surface area contributed by atoms with Crippen LogP contribution in [0.5, 0.6) is 17.2 Å². The molecule has 1 saturated heterocycles. The summed E-state index contributed by atoms with van der Waals surface area (Å²) in [7, 11) is 1.30. The third-order valence-corrected chi connectivity index (χ3v) is 6.46. The van der Waals surface area contributed by atoms with Crippen molar-refractivity contribution in [2.75, 3.05) is 12.0 Å². The molecule has 0 atom stereocenters. The number of nitro benzene ring substituents is 2. The third-order valence-electron chi connectivity index (χ3n) is 5.57. The van der Waals surface area contributed by atoms with E-state index in [1.165, 1.54) is 31.4 Å². The number of urea groups is 1. The summed E-state index contributed by atoms with van der Waals surface area (Å²) < 4.78 is 11.7. The van der Waals surface area contributed by atoms with E-state index in [4.69, 9.17) is 9.47 Å². The molecule has 1 fully saturated rings. The minimum Gasteiger partial charge on any atom is -0.493 e. The summed E-state index contributed by atoms with van der Waals surface area (Å²) in [4.78, 5) is 59.9. The number of non-ortho nitro benzene ring substituents is 1. The van der Waals surface area contributed by atoms with Crippen molar-refractivity contribution >= 4 is 56.9 Å². The molecular weight excluding hydrogens is 580 g/mol. The van der Waals surface area contributed by atoms with Crippen molar-refractivity contribution in [1.82, 2.24) is 5.32 Å². The van der Waals surface area contributed by atoms with Crippen molar-refractivity contribution in [3.63, 3.8) is 0 Å². The van der Waals surface area contributed by atoms with Crippen LogP contribution in [-0.4, -0.2) is 34.8 Å². The Morgan fingerprint density at radius 1 is 0.923 bits per heavy atom. The second kappa shape index (κ2) is 10.7. The molecule has 0 radical (unpaired) electrons. The monoisotopic (exact) mass is 596 g/mol. The van der Waals surface area contributed by atoms with Crippen molar-refractivity contribution in [3.05, 3.63) is 96.0 Å². The maximum absolute atomic E-state index is 13.2. The number of barbiturate groups is 1. The summed E-state index contributed by atoms with van der Waals surface area (Å²) in [6.45, 7) is 1.78. The SMILES string of the molecule is COc1cc(/C=C2\C(=O)NC(=O)N(c3ccc(Br)c(C)c3)C2=O)ccc1Oc1ccc([N+](=O)[O-])cc1[N+](=O)[O-]. The fourth-order valence-corrected chi connectivity index (χ4v) is 3.90. The minimum absolute atomic E-state index is 0.0261. The van der Waals surface area contributed by atoms with Gasteiger partial charge in [-0.3, -0.25) is 35.1 Å². The number of benzene rings is 3. The number of amides is 4. The predicted molar refractivity (Wildman–Crippen MR) is 141 cm³/mol. The van der Waals surface area contributed by atoms with Crippen molar-refractivity contribution in [1.29, 1.82) is 0 Å². The molecule has 4 rings (SSSR count). The van der Waals surface area contributed by atoms with Crippen LogP contribution in [-0.2, 0) is 9.59 Å². The second-order valence-electron chi connectivity index (χ2n) is 8.07. The van der Waals surface area contributed by atoms with Gasteiger partial charge >= 0.3 is 11.7 Å². The standard InChI is InChI=1S/C25H17BrN4O9/c1-13-9-15(4-6-18(13)26)28-24(32)17(23(31)27-25(28)33)10-14-3-7-21(22(11-14)38-2)39-20-8-5-16(29(34)35)12-19(20)30(36)37/h3-12H,1-2H3,(H,27,31,33)/b17-10+. The molecule has 0 bridgehead atoms. The summed E-state index contributed by atoms with van der Waals surface area (Å²) in [5.74, 6) is -1.90. The molecular formula is C25H17BrN4O9. The van der Waals surface area contributed by atoms with Crippen molar-refractivity contribution in [3.8, 4) is 17.2 Å². The Morgan fingerprint density at radius 2 is 1.64 bits per heavy atom. The molecule has 0 unspecified atom stereocenters. The molecule has 13 nitrogen and oxygen atoms in total. The van der Waals surface area contributed by atoms with Gasteiger partial charge in [-0.25, -0.2) is 9.69 Å². The van der Waals surface area contributed by atoms with Crippen LogP contribution >= 0.6 is 15.9 Å². The molecule has 3 aromatic carbocycles. The molecule has 0 saturated carbocycles. The second-order valence-corrected chi connectivity index (χ2v) is 8.92. The summed E-state index contributed by atoms with van der Waals surface area (Å²) in [5, 5.41) is 24.6. The number of hydrogen-bond donors (Lipinski definition) is 1. The lowest BCUT2D eigenvalue weighted by Gasteiger charge is -2.26. The average molecular weight is 597 g/mol. The predicted octanol–water partition coefficient (Wildman–Crippen LogP) is 5.04. The number of nitro groups is 2. The number of carbonyl (C=O) groups excluding carboxylic acids is 3. The number of halogens is 1. The van der Waals surface area contributed by atoms with E-state index in [0.717, 1.165) is 33.1 Å². The highest BCUT2D eigenvalue weighted by molar-refractivity contribution is 9.10. The highest BCUT2D eigenvalue weighted by Gasteiger charge is 2.37. The number of rotatable bonds is 7. The number of anilines is 1. The van der Waals surface area contributed by atoms with Crippen LogP contribution in [0.3, 0.4) is 0 Å². The van der Waals surface area contributed by atoms with Crippen LogP contribution in [0.1, 0.15) is 11.1 Å². The van der Waals surface area contributed by atoms with Crippen LogP contribution in [0.25, 0.3) is 6.08 Å². The normalized spacial score (nSPS) is 14.3. The van der Waals surface area contributed by atoms with Gasteiger partial charge < -0.3 is 9.47 Å². The summed E-state index contributed by atoms with van der Waals surface area (Å²) >= 11 is 3.36. The van der Waals surface area contributed by atoms with Crippen molar-refractivity contribution in [2.24, 2.45) is 0 Å². The van der Waals surface area contributed by atoms with Crippen LogP contribution in [0, 0.1) is 27.2 Å². The van der Waals surface area contributed by atoms with E-state index in [-0.39, 0.29) is 28.5 Å². The van der Waals surface area contributed by atoms with Crippen molar-refractivity contribution in [2.45, 2.75) is 6.92 Å². The van der Waals surface area contributed by atoms with Crippen LogP contribution in [0.15, 0.2) is 64.6 Å². The molecule has 1 aliphatic heterocycles. The molecule has 0 aromatic heterocycles. The largest absolute Gasteiger partial charge is 0.493 e. The van der Waals surface area contributed by atoms with Gasteiger partial charge in [-0.05, 0) is 60.5 Å². The van der Waals surface area contributed by atoms with Gasteiger partial charge in [0.15, 0.2) is 11.5 Å². The summed E-state index contributed by atoms with van der Waals surface area (Å²) in [6, 6.07) is 11.1. The Morgan fingerprint density at radius 3 is 2.28 bits per heavy atom. The van der Waals surface area contributed by atoms with E-state index in [1.54, 1.807) is 25.1 Å². The van der Waals surface area contributed by atoms with Crippen LogP contribution in [0.2, 0.25) is 0 Å². The molecule has 198 valence electrons. The number of nitrogens with zero attached hydrogens (tertiary/aromatic N) is 3. The number of methoxy groups -OCH3 is 1. The number of aryl methyl sites for hydroxylation is 1. The molecule has 1 aliphatic rings. The van der Waals surface area contributed by atoms with E-state index >= 15 is 0 Å². The highest BCUT2D eigenvalue weighted by atomic mass is 79.9. The van der Waals surface area contributed by atoms with Gasteiger partial charge in [-0.1, -0.05) is 22.0 Å². The average Bonchev–Trinajstić information content (AvgIpc) is 2.89. The maximum atomic E-state index is 13.2. The number of nitrogens with one attached hydrogen (secondary N) is 1. The van der Waals surface area contributed by atoms with E-state index in [2.05, 4.69) is 21.2 Å². The van der Waals surface area contributed by atoms with Gasteiger partial charge in [0.05, 0.1) is 28.7 Å². The maximum Gasteiger partial charge on any atom is 0.335 e. The molecule has 0 aliphatic carbocycles. The number of carbonyl (C=O) groups is 3. The molecule has 1 N–H and O–H groups in total. The minimum atomic E-state index is -0.894. The lowest BCUT2D eigenvalue weighted by molar-refractivity contribution is -0.394. The lowest BCUT2D eigenvalue weighted by Crippen LogP contribution is -2.54. The first-order valence-electron chi connectivity index (χ1n) is 11.0. The molecule has 3 aromatic rings. The van der Waals surface area contributed by atoms with Crippen LogP contribution in [0.4, 0.5) is 21.9 Å². The Bertz CT molecular complexity index is 1600. The van der Waals surface area contributed by atoms with Gasteiger partial charge in [0.1, 0.15) is 5.57 Å². The van der Waals surface area contributed by atoms with Gasteiger partial charge in [-0.2, -0.15) is 0 Å². The first kappa shape index (κ1) is 26.9. The first-order chi connectivity index (χ1) is 18.5. The summed E-state index contributed by atoms with van der Waals surface area (Å²) in [5.41, 5.74) is -0.0834. The lowest BCUT2D eigenvalue weighted by atomic mass is 10.1. The van der Waals surface area contributed by atoms with E-state index in [0.29, 0.717) is 5.56 Å². The zero-order valence-electron chi connectivity index (χ0n) is 20.2. The summed E-state index contributed by atoms with van der Waals surface area (Å²) in [6.07, 6.45) is 1.25. The third kappa shape index (κ3) is 5.45. The van der Waals surface area contributed by atoms with Gasteiger partial charge in [0, 0.05) is 10.5 Å². The highest BCUT2D eigenvalue weighted by Crippen LogP contribution is 2.38. The smallest absolute Gasteiger partial charge is 0.335 e. The molecule has 0 spiro atoms. The van der Waals surface area contributed by atoms with E-state index < -0.39 is 39.1 Å². The number of hydrogen-bond acceptors (Lipinski definition) is 9. The molecule has 1 heterocycles. The number of imide groups is 2. The van der Waals surface area contributed by atoms with E-state index in [9.17, 15) is 34.6 Å².